The molecule has 1 unspecified atom stereocenters. The molecule has 0 aliphatic carbocycles. The Balaban J connectivity index is 1.57. The number of anilines is 1. The number of carbonyl (C=O) groups is 1. The molecule has 6 nitrogen and oxygen atoms in total. The average molecular weight is 321 g/mol. The quantitative estimate of drug-likeness (QED) is 0.759. The number of carbonyl (C=O) groups excluding carboxylic acids is 1. The highest BCUT2D eigenvalue weighted by molar-refractivity contribution is 5.98. The summed E-state index contributed by atoms with van der Waals surface area (Å²) in [6.07, 6.45) is 3.57. The van der Waals surface area contributed by atoms with E-state index in [4.69, 9.17) is 5.73 Å². The predicted octanol–water partition coefficient (Wildman–Crippen LogP) is 2.56. The molecule has 1 saturated heterocycles. The molecule has 1 atom stereocenters. The van der Waals surface area contributed by atoms with Crippen LogP contribution >= 0.6 is 0 Å². The highest BCUT2D eigenvalue weighted by atomic mass is 16.2. The van der Waals surface area contributed by atoms with Gasteiger partial charge in [-0.05, 0) is 37.1 Å². The van der Waals surface area contributed by atoms with Gasteiger partial charge in [0.2, 0.25) is 0 Å². The minimum Gasteiger partial charge on any atom is -0.383 e. The third kappa shape index (κ3) is 2.60. The molecule has 1 aliphatic heterocycles. The zero-order valence-electron chi connectivity index (χ0n) is 13.3. The number of rotatable bonds is 2. The van der Waals surface area contributed by atoms with E-state index < -0.39 is 0 Å². The molecule has 1 aliphatic rings. The van der Waals surface area contributed by atoms with E-state index in [9.17, 15) is 4.79 Å². The fourth-order valence-electron chi connectivity index (χ4n) is 3.32. The Labute approximate surface area is 139 Å². The largest absolute Gasteiger partial charge is 0.383 e. The lowest BCUT2D eigenvalue weighted by atomic mass is 9.96. The van der Waals surface area contributed by atoms with E-state index in [1.54, 1.807) is 18.3 Å². The lowest BCUT2D eigenvalue weighted by molar-refractivity contribution is 0.0705. The number of nitrogens with two attached hydrogens (primary N) is 1. The van der Waals surface area contributed by atoms with Crippen molar-refractivity contribution in [1.82, 2.24) is 19.9 Å². The van der Waals surface area contributed by atoms with Crippen LogP contribution in [0.5, 0.6) is 0 Å². The third-order valence-electron chi connectivity index (χ3n) is 4.57. The van der Waals surface area contributed by atoms with Crippen molar-refractivity contribution in [3.05, 3.63) is 54.0 Å². The van der Waals surface area contributed by atoms with Crippen molar-refractivity contribution in [3.63, 3.8) is 0 Å². The summed E-state index contributed by atoms with van der Waals surface area (Å²) in [5, 5.41) is 0. The predicted molar refractivity (Wildman–Crippen MR) is 92.6 cm³/mol. The Kier molecular flexibility index (Phi) is 3.65. The van der Waals surface area contributed by atoms with Crippen LogP contribution in [0.15, 0.2) is 42.6 Å². The molecular formula is C18H19N5O. The van der Waals surface area contributed by atoms with E-state index in [0.29, 0.717) is 12.1 Å². The van der Waals surface area contributed by atoms with Gasteiger partial charge >= 0.3 is 0 Å². The number of H-pyrrole nitrogens is 1. The van der Waals surface area contributed by atoms with Gasteiger partial charge in [0.25, 0.3) is 5.91 Å². The molecule has 3 N–H and O–H groups in total. The molecular weight excluding hydrogens is 302 g/mol. The zero-order chi connectivity index (χ0) is 16.5. The minimum atomic E-state index is -0.0542. The number of aromatic nitrogens is 3. The van der Waals surface area contributed by atoms with Gasteiger partial charge in [0.1, 0.15) is 11.6 Å². The highest BCUT2D eigenvalue weighted by Crippen LogP contribution is 2.28. The summed E-state index contributed by atoms with van der Waals surface area (Å²) in [5.41, 5.74) is 8.32. The second-order valence-electron chi connectivity index (χ2n) is 6.17. The van der Waals surface area contributed by atoms with Crippen LogP contribution in [-0.2, 0) is 0 Å². The van der Waals surface area contributed by atoms with Crippen LogP contribution in [0.2, 0.25) is 0 Å². The molecule has 3 heterocycles. The number of nitrogens with zero attached hydrogens (tertiary/aromatic N) is 3. The van der Waals surface area contributed by atoms with E-state index in [2.05, 4.69) is 15.0 Å². The van der Waals surface area contributed by atoms with Crippen LogP contribution in [-0.4, -0.2) is 38.8 Å². The molecule has 1 fully saturated rings. The summed E-state index contributed by atoms with van der Waals surface area (Å²) in [7, 11) is 0. The smallest absolute Gasteiger partial charge is 0.257 e. The Morgan fingerprint density at radius 2 is 2.12 bits per heavy atom. The number of nitrogen functional groups attached to an aromatic ring is 1. The van der Waals surface area contributed by atoms with Gasteiger partial charge in [0.05, 0.1) is 16.6 Å². The number of benzene rings is 1. The van der Waals surface area contributed by atoms with Gasteiger partial charge in [0.15, 0.2) is 0 Å². The number of piperidine rings is 1. The topological polar surface area (TPSA) is 87.9 Å². The number of imidazole rings is 1. The fraction of sp³-hybridized carbons (Fsp3) is 0.278. The maximum atomic E-state index is 12.7. The van der Waals surface area contributed by atoms with Gasteiger partial charge in [0, 0.05) is 25.2 Å². The van der Waals surface area contributed by atoms with E-state index in [1.165, 1.54) is 0 Å². The van der Waals surface area contributed by atoms with E-state index in [1.807, 2.05) is 29.2 Å². The Morgan fingerprint density at radius 3 is 2.96 bits per heavy atom. The van der Waals surface area contributed by atoms with Crippen LogP contribution in [0.4, 0.5) is 5.82 Å². The van der Waals surface area contributed by atoms with Crippen molar-refractivity contribution >= 4 is 22.8 Å². The maximum Gasteiger partial charge on any atom is 0.257 e. The van der Waals surface area contributed by atoms with Crippen molar-refractivity contribution in [1.29, 1.82) is 0 Å². The standard InChI is InChI=1S/C18H19N5O/c19-16-13(6-3-9-20-16)18(24)23-10-4-5-12(11-23)17-21-14-7-1-2-8-15(14)22-17/h1-3,6-9,12H,4-5,10-11H2,(H2,19,20)(H,21,22). The van der Waals surface area contributed by atoms with Crippen LogP contribution in [0, 0.1) is 0 Å². The van der Waals surface area contributed by atoms with Gasteiger partial charge < -0.3 is 15.6 Å². The normalized spacial score (nSPS) is 18.0. The van der Waals surface area contributed by atoms with Gasteiger partial charge in [-0.2, -0.15) is 0 Å². The molecule has 1 aromatic carbocycles. The summed E-state index contributed by atoms with van der Waals surface area (Å²) in [6, 6.07) is 11.5. The Morgan fingerprint density at radius 1 is 1.25 bits per heavy atom. The summed E-state index contributed by atoms with van der Waals surface area (Å²) in [5.74, 6) is 1.40. The van der Waals surface area contributed by atoms with Crippen LogP contribution < -0.4 is 5.73 Å². The van der Waals surface area contributed by atoms with E-state index in [-0.39, 0.29) is 17.6 Å². The number of amides is 1. The van der Waals surface area contributed by atoms with E-state index >= 15 is 0 Å². The summed E-state index contributed by atoms with van der Waals surface area (Å²) < 4.78 is 0. The van der Waals surface area contributed by atoms with Crippen molar-refractivity contribution in [2.24, 2.45) is 0 Å². The van der Waals surface area contributed by atoms with Crippen molar-refractivity contribution in [2.45, 2.75) is 18.8 Å². The first-order chi connectivity index (χ1) is 11.7. The summed E-state index contributed by atoms with van der Waals surface area (Å²) in [6.45, 7) is 1.39. The van der Waals surface area contributed by atoms with Gasteiger partial charge in [-0.25, -0.2) is 9.97 Å². The Bertz CT molecular complexity index is 855. The molecule has 122 valence electrons. The lowest BCUT2D eigenvalue weighted by Crippen LogP contribution is -2.39. The molecule has 0 saturated carbocycles. The number of likely N-dealkylation sites (tertiary alicyclic amines) is 1. The molecule has 6 heteroatoms. The van der Waals surface area contributed by atoms with Crippen LogP contribution in [0.3, 0.4) is 0 Å². The van der Waals surface area contributed by atoms with Crippen LogP contribution in [0.25, 0.3) is 11.0 Å². The summed E-state index contributed by atoms with van der Waals surface area (Å²) in [4.78, 5) is 26.7. The third-order valence-corrected chi connectivity index (χ3v) is 4.57. The minimum absolute atomic E-state index is 0.0542. The molecule has 0 bridgehead atoms. The lowest BCUT2D eigenvalue weighted by Gasteiger charge is -2.32. The molecule has 1 amide bonds. The molecule has 24 heavy (non-hydrogen) atoms. The average Bonchev–Trinajstić information content (AvgIpc) is 3.06. The van der Waals surface area contributed by atoms with Crippen molar-refractivity contribution in [3.8, 4) is 0 Å². The van der Waals surface area contributed by atoms with Gasteiger partial charge in [-0.3, -0.25) is 4.79 Å². The SMILES string of the molecule is Nc1ncccc1C(=O)N1CCCC(c2nc3ccccc3[nH]2)C1. The molecule has 4 rings (SSSR count). The number of fused-ring (bicyclic) bond motifs is 1. The fourth-order valence-corrected chi connectivity index (χ4v) is 3.32. The van der Waals surface area contributed by atoms with E-state index in [0.717, 1.165) is 36.2 Å². The second kappa shape index (κ2) is 5.96. The molecule has 3 aromatic rings. The molecule has 2 aromatic heterocycles. The maximum absolute atomic E-state index is 12.7. The molecule has 0 spiro atoms. The van der Waals surface area contributed by atoms with Crippen LogP contribution in [0.1, 0.15) is 34.9 Å². The number of pyridine rings is 1. The number of hydrogen-bond acceptors (Lipinski definition) is 4. The second-order valence-corrected chi connectivity index (χ2v) is 6.17. The number of para-hydroxylation sites is 2. The zero-order valence-corrected chi connectivity index (χ0v) is 13.3. The van der Waals surface area contributed by atoms with Gasteiger partial charge in [-0.15, -0.1) is 0 Å². The molecule has 0 radical (unpaired) electrons. The Hall–Kier alpha value is -2.89. The summed E-state index contributed by atoms with van der Waals surface area (Å²) >= 11 is 0. The first-order valence-electron chi connectivity index (χ1n) is 8.17. The number of aromatic amines is 1. The highest BCUT2D eigenvalue weighted by Gasteiger charge is 2.28. The first-order valence-corrected chi connectivity index (χ1v) is 8.17. The number of nitrogens with one attached hydrogen (secondary N) is 1. The van der Waals surface area contributed by atoms with Crippen molar-refractivity contribution in [2.75, 3.05) is 18.8 Å². The van der Waals surface area contributed by atoms with Crippen molar-refractivity contribution < 1.29 is 4.79 Å². The number of hydrogen-bond donors (Lipinski definition) is 2. The first kappa shape index (κ1) is 14.7. The van der Waals surface area contributed by atoms with Gasteiger partial charge in [-0.1, -0.05) is 12.1 Å². The monoisotopic (exact) mass is 321 g/mol.